The third-order valence-electron chi connectivity index (χ3n) is 2.87. The summed E-state index contributed by atoms with van der Waals surface area (Å²) in [5.74, 6) is 0.930. The van der Waals surface area contributed by atoms with Crippen LogP contribution in [0.25, 0.3) is 22.8 Å². The van der Waals surface area contributed by atoms with E-state index in [2.05, 4.69) is 26.1 Å². The van der Waals surface area contributed by atoms with Gasteiger partial charge in [0.25, 0.3) is 5.89 Å². The quantitative estimate of drug-likeness (QED) is 0.521. The molecule has 5 nitrogen and oxygen atoms in total. The number of hydrogen-bond acceptors (Lipinski definition) is 5. The van der Waals surface area contributed by atoms with E-state index in [0.29, 0.717) is 23.0 Å². The molecule has 0 unspecified atom stereocenters. The number of carbonyl (C=O) groups excluding carboxylic acids is 1. The van der Waals surface area contributed by atoms with Crippen molar-refractivity contribution in [3.05, 3.63) is 53.0 Å². The van der Waals surface area contributed by atoms with Crippen LogP contribution in [0.3, 0.4) is 0 Å². The van der Waals surface area contributed by atoms with Crippen molar-refractivity contribution in [2.45, 2.75) is 6.92 Å². The van der Waals surface area contributed by atoms with Gasteiger partial charge in [-0.3, -0.25) is 4.79 Å². The Bertz CT molecular complexity index is 812. The molecule has 0 radical (unpaired) electrons. The van der Waals surface area contributed by atoms with Crippen molar-refractivity contribution in [1.82, 2.24) is 10.1 Å². The molecule has 22 heavy (non-hydrogen) atoms. The Morgan fingerprint density at radius 2 is 1.91 bits per heavy atom. The van der Waals surface area contributed by atoms with E-state index in [9.17, 15) is 4.79 Å². The Kier molecular flexibility index (Phi) is 4.02. The smallest absolute Gasteiger partial charge is 0.308 e. The molecule has 0 atom stereocenters. The van der Waals surface area contributed by atoms with Crippen LogP contribution in [0.5, 0.6) is 5.75 Å². The second-order valence-corrected chi connectivity index (χ2v) is 5.47. The van der Waals surface area contributed by atoms with Gasteiger partial charge in [-0.2, -0.15) is 4.98 Å². The lowest BCUT2D eigenvalue weighted by atomic mass is 10.2. The third-order valence-corrected chi connectivity index (χ3v) is 3.40. The number of ether oxygens (including phenoxy) is 1. The van der Waals surface area contributed by atoms with Crippen molar-refractivity contribution >= 4 is 21.9 Å². The summed E-state index contributed by atoms with van der Waals surface area (Å²) in [5, 5.41) is 3.97. The molecule has 0 amide bonds. The molecular formula is C16H11BrN2O3. The van der Waals surface area contributed by atoms with Gasteiger partial charge in [-0.25, -0.2) is 0 Å². The minimum Gasteiger partial charge on any atom is -0.427 e. The topological polar surface area (TPSA) is 65.2 Å². The molecule has 0 aliphatic carbocycles. The first-order valence-electron chi connectivity index (χ1n) is 6.50. The fourth-order valence-electron chi connectivity index (χ4n) is 1.92. The lowest BCUT2D eigenvalue weighted by molar-refractivity contribution is -0.131. The number of hydrogen-bond donors (Lipinski definition) is 0. The molecule has 0 saturated heterocycles. The first-order chi connectivity index (χ1) is 10.6. The van der Waals surface area contributed by atoms with E-state index < -0.39 is 0 Å². The van der Waals surface area contributed by atoms with Gasteiger partial charge in [0, 0.05) is 22.5 Å². The summed E-state index contributed by atoms with van der Waals surface area (Å²) >= 11 is 3.38. The van der Waals surface area contributed by atoms with E-state index in [1.807, 2.05) is 30.3 Å². The number of benzene rings is 2. The number of esters is 1. The molecule has 6 heteroatoms. The molecule has 3 aromatic rings. The predicted molar refractivity (Wildman–Crippen MR) is 84.2 cm³/mol. The van der Waals surface area contributed by atoms with Gasteiger partial charge in [0.2, 0.25) is 5.82 Å². The molecule has 1 aromatic heterocycles. The maximum Gasteiger partial charge on any atom is 0.308 e. The Labute approximate surface area is 135 Å². The molecule has 1 heterocycles. The highest BCUT2D eigenvalue weighted by atomic mass is 79.9. The Morgan fingerprint density at radius 1 is 1.14 bits per heavy atom. The van der Waals surface area contributed by atoms with Crippen LogP contribution in [0.4, 0.5) is 0 Å². The van der Waals surface area contributed by atoms with E-state index in [1.54, 1.807) is 18.2 Å². The highest BCUT2D eigenvalue weighted by Gasteiger charge is 2.11. The maximum atomic E-state index is 11.0. The summed E-state index contributed by atoms with van der Waals surface area (Å²) in [5.41, 5.74) is 1.55. The normalized spacial score (nSPS) is 10.5. The number of carbonyl (C=O) groups is 1. The molecule has 2 aromatic carbocycles. The van der Waals surface area contributed by atoms with Gasteiger partial charge in [0.1, 0.15) is 5.75 Å². The predicted octanol–water partition coefficient (Wildman–Crippen LogP) is 4.09. The van der Waals surface area contributed by atoms with E-state index in [0.717, 1.165) is 10.0 Å². The Hall–Kier alpha value is -2.47. The molecule has 0 aliphatic rings. The van der Waals surface area contributed by atoms with Crippen LogP contribution in [0.2, 0.25) is 0 Å². The van der Waals surface area contributed by atoms with Crippen molar-refractivity contribution in [2.24, 2.45) is 0 Å². The van der Waals surface area contributed by atoms with Crippen LogP contribution >= 0.6 is 15.9 Å². The second-order valence-electron chi connectivity index (χ2n) is 4.55. The summed E-state index contributed by atoms with van der Waals surface area (Å²) in [7, 11) is 0. The minimum absolute atomic E-state index is 0.368. The molecule has 0 N–H and O–H groups in total. The van der Waals surface area contributed by atoms with Gasteiger partial charge >= 0.3 is 5.97 Å². The number of aromatic nitrogens is 2. The van der Waals surface area contributed by atoms with Crippen molar-refractivity contribution < 1.29 is 14.1 Å². The van der Waals surface area contributed by atoms with Crippen molar-refractivity contribution in [2.75, 3.05) is 0 Å². The fraction of sp³-hybridized carbons (Fsp3) is 0.0625. The zero-order chi connectivity index (χ0) is 15.5. The first-order valence-corrected chi connectivity index (χ1v) is 7.29. The molecule has 0 spiro atoms. The molecule has 0 fully saturated rings. The van der Waals surface area contributed by atoms with Crippen molar-refractivity contribution in [3.8, 4) is 28.6 Å². The highest BCUT2D eigenvalue weighted by molar-refractivity contribution is 9.10. The average molecular weight is 359 g/mol. The minimum atomic E-state index is -0.377. The largest absolute Gasteiger partial charge is 0.427 e. The van der Waals surface area contributed by atoms with Gasteiger partial charge in [0.05, 0.1) is 0 Å². The second kappa shape index (κ2) is 6.11. The standard InChI is InChI=1S/C16H11BrN2O3/c1-10(20)21-14-4-2-3-12(9-14)16-18-15(19-22-16)11-5-7-13(17)8-6-11/h2-9H,1H3. The molecule has 110 valence electrons. The molecular weight excluding hydrogens is 348 g/mol. The van der Waals surface area contributed by atoms with Gasteiger partial charge in [-0.15, -0.1) is 0 Å². The molecule has 0 aliphatic heterocycles. The summed E-state index contributed by atoms with van der Waals surface area (Å²) < 4.78 is 11.3. The zero-order valence-corrected chi connectivity index (χ0v) is 13.2. The molecule has 0 bridgehead atoms. The lowest BCUT2D eigenvalue weighted by Crippen LogP contribution is -2.01. The van der Waals surface area contributed by atoms with Crippen LogP contribution < -0.4 is 4.74 Å². The summed E-state index contributed by atoms with van der Waals surface area (Å²) in [6.45, 7) is 1.35. The van der Waals surface area contributed by atoms with E-state index in [1.165, 1.54) is 6.92 Å². The zero-order valence-electron chi connectivity index (χ0n) is 11.6. The van der Waals surface area contributed by atoms with E-state index >= 15 is 0 Å². The number of nitrogens with zero attached hydrogens (tertiary/aromatic N) is 2. The summed E-state index contributed by atoms with van der Waals surface area (Å²) in [6, 6.07) is 14.6. The lowest BCUT2D eigenvalue weighted by Gasteiger charge is -2.01. The highest BCUT2D eigenvalue weighted by Crippen LogP contribution is 2.25. The third kappa shape index (κ3) is 3.23. The van der Waals surface area contributed by atoms with Crippen LogP contribution in [0, 0.1) is 0 Å². The van der Waals surface area contributed by atoms with Crippen molar-refractivity contribution in [1.29, 1.82) is 0 Å². The SMILES string of the molecule is CC(=O)Oc1cccc(-c2nc(-c3ccc(Br)cc3)no2)c1. The Balaban J connectivity index is 1.90. The Morgan fingerprint density at radius 3 is 2.64 bits per heavy atom. The van der Waals surface area contributed by atoms with Crippen molar-refractivity contribution in [3.63, 3.8) is 0 Å². The van der Waals surface area contributed by atoms with Crippen LogP contribution in [0.1, 0.15) is 6.92 Å². The number of halogens is 1. The molecule has 3 rings (SSSR count). The number of rotatable bonds is 3. The average Bonchev–Trinajstić information content (AvgIpc) is 2.97. The maximum absolute atomic E-state index is 11.0. The van der Waals surface area contributed by atoms with Gasteiger partial charge in [-0.05, 0) is 42.5 Å². The van der Waals surface area contributed by atoms with E-state index in [4.69, 9.17) is 9.26 Å². The van der Waals surface area contributed by atoms with Crippen LogP contribution in [0.15, 0.2) is 57.5 Å². The fourth-order valence-corrected chi connectivity index (χ4v) is 2.18. The van der Waals surface area contributed by atoms with Gasteiger partial charge < -0.3 is 9.26 Å². The monoisotopic (exact) mass is 358 g/mol. The van der Waals surface area contributed by atoms with Gasteiger partial charge in [-0.1, -0.05) is 27.2 Å². The van der Waals surface area contributed by atoms with E-state index in [-0.39, 0.29) is 5.97 Å². The van der Waals surface area contributed by atoms with Crippen LogP contribution in [-0.2, 0) is 4.79 Å². The summed E-state index contributed by atoms with van der Waals surface area (Å²) in [6.07, 6.45) is 0. The van der Waals surface area contributed by atoms with Crippen LogP contribution in [-0.4, -0.2) is 16.1 Å². The van der Waals surface area contributed by atoms with Gasteiger partial charge in [0.15, 0.2) is 0 Å². The summed E-state index contributed by atoms with van der Waals surface area (Å²) in [4.78, 5) is 15.4. The molecule has 0 saturated carbocycles. The first kappa shape index (κ1) is 14.5.